The first-order valence-corrected chi connectivity index (χ1v) is 8.08. The fourth-order valence-electron chi connectivity index (χ4n) is 2.80. The molecule has 1 amide bonds. The maximum Gasteiger partial charge on any atom is 0.257 e. The van der Waals surface area contributed by atoms with Crippen molar-refractivity contribution in [3.05, 3.63) is 53.5 Å². The molecule has 0 aliphatic carbocycles. The number of methoxy groups -OCH3 is 2. The van der Waals surface area contributed by atoms with E-state index >= 15 is 0 Å². The molecule has 25 heavy (non-hydrogen) atoms. The average molecular weight is 339 g/mol. The summed E-state index contributed by atoms with van der Waals surface area (Å²) < 4.78 is 12.4. The van der Waals surface area contributed by atoms with Crippen LogP contribution in [0.2, 0.25) is 0 Å². The summed E-state index contributed by atoms with van der Waals surface area (Å²) >= 11 is 0. The number of nitrogens with zero attached hydrogens (tertiary/aromatic N) is 2. The van der Waals surface area contributed by atoms with Gasteiger partial charge in [-0.1, -0.05) is 6.92 Å². The number of ether oxygens (including phenoxy) is 2. The Morgan fingerprint density at radius 2 is 1.92 bits per heavy atom. The number of aryl methyl sites for hydroxylation is 2. The van der Waals surface area contributed by atoms with Crippen LogP contribution in [0.1, 0.15) is 28.7 Å². The Balaban J connectivity index is 1.88. The molecule has 1 aromatic carbocycles. The van der Waals surface area contributed by atoms with Crippen molar-refractivity contribution in [3.8, 4) is 11.5 Å². The van der Waals surface area contributed by atoms with Crippen LogP contribution in [0.4, 0.5) is 5.69 Å². The molecular weight excluding hydrogens is 318 g/mol. The second-order valence-electron chi connectivity index (χ2n) is 5.67. The lowest BCUT2D eigenvalue weighted by molar-refractivity contribution is 0.102. The first kappa shape index (κ1) is 16.8. The maximum atomic E-state index is 12.6. The lowest BCUT2D eigenvalue weighted by Crippen LogP contribution is -2.13. The number of anilines is 1. The molecule has 6 heteroatoms. The zero-order chi connectivity index (χ0) is 18.0. The molecule has 2 heterocycles. The molecule has 0 unspecified atom stereocenters. The third-order valence-electron chi connectivity index (χ3n) is 4.19. The number of hydrogen-bond acceptors (Lipinski definition) is 4. The van der Waals surface area contributed by atoms with Gasteiger partial charge in [0.25, 0.3) is 5.91 Å². The van der Waals surface area contributed by atoms with Crippen molar-refractivity contribution in [2.45, 2.75) is 20.3 Å². The zero-order valence-electron chi connectivity index (χ0n) is 14.8. The van der Waals surface area contributed by atoms with Gasteiger partial charge >= 0.3 is 0 Å². The predicted octanol–water partition coefficient (Wildman–Crippen LogP) is 3.47. The number of aromatic nitrogens is 2. The Labute approximate surface area is 146 Å². The minimum absolute atomic E-state index is 0.194. The van der Waals surface area contributed by atoms with Gasteiger partial charge in [-0.25, -0.2) is 4.98 Å². The van der Waals surface area contributed by atoms with Crippen LogP contribution >= 0.6 is 0 Å². The van der Waals surface area contributed by atoms with E-state index in [1.54, 1.807) is 38.5 Å². The highest BCUT2D eigenvalue weighted by molar-refractivity contribution is 6.04. The normalized spacial score (nSPS) is 10.7. The molecule has 0 atom stereocenters. The van der Waals surface area contributed by atoms with Crippen molar-refractivity contribution >= 4 is 17.2 Å². The second-order valence-corrected chi connectivity index (χ2v) is 5.67. The van der Waals surface area contributed by atoms with Gasteiger partial charge in [0.2, 0.25) is 0 Å². The Morgan fingerprint density at radius 1 is 1.16 bits per heavy atom. The fourth-order valence-corrected chi connectivity index (χ4v) is 2.80. The summed E-state index contributed by atoms with van der Waals surface area (Å²) in [5, 5.41) is 2.88. The van der Waals surface area contributed by atoms with Crippen LogP contribution in [0, 0.1) is 6.92 Å². The highest BCUT2D eigenvalue weighted by Crippen LogP contribution is 2.30. The summed E-state index contributed by atoms with van der Waals surface area (Å²) in [4.78, 5) is 17.1. The molecule has 0 radical (unpaired) electrons. The number of imidazole rings is 1. The lowest BCUT2D eigenvalue weighted by Gasteiger charge is -2.11. The van der Waals surface area contributed by atoms with Gasteiger partial charge in [0.15, 0.2) is 11.5 Å². The van der Waals surface area contributed by atoms with Gasteiger partial charge in [-0.2, -0.15) is 0 Å². The molecule has 1 N–H and O–H groups in total. The molecule has 2 aromatic heterocycles. The van der Waals surface area contributed by atoms with Crippen LogP contribution in [-0.2, 0) is 6.42 Å². The zero-order valence-corrected chi connectivity index (χ0v) is 14.8. The highest BCUT2D eigenvalue weighted by atomic mass is 16.5. The average Bonchev–Trinajstić information content (AvgIpc) is 2.97. The van der Waals surface area contributed by atoms with Crippen molar-refractivity contribution in [1.29, 1.82) is 0 Å². The van der Waals surface area contributed by atoms with E-state index in [2.05, 4.69) is 17.2 Å². The van der Waals surface area contributed by atoms with Crippen LogP contribution in [0.5, 0.6) is 11.5 Å². The summed E-state index contributed by atoms with van der Waals surface area (Å²) in [5.74, 6) is 0.983. The Hall–Kier alpha value is -3.02. The van der Waals surface area contributed by atoms with E-state index in [0.29, 0.717) is 22.7 Å². The van der Waals surface area contributed by atoms with E-state index in [1.165, 1.54) is 0 Å². The number of amides is 1. The van der Waals surface area contributed by atoms with Crippen LogP contribution in [0.15, 0.2) is 36.5 Å². The molecule has 3 rings (SSSR count). The Kier molecular flexibility index (Phi) is 4.61. The largest absolute Gasteiger partial charge is 0.493 e. The van der Waals surface area contributed by atoms with Crippen LogP contribution < -0.4 is 14.8 Å². The molecule has 0 saturated carbocycles. The van der Waals surface area contributed by atoms with Crippen molar-refractivity contribution in [2.24, 2.45) is 0 Å². The number of nitrogens with one attached hydrogen (secondary N) is 1. The van der Waals surface area contributed by atoms with Crippen molar-refractivity contribution < 1.29 is 14.3 Å². The van der Waals surface area contributed by atoms with Gasteiger partial charge in [-0.15, -0.1) is 0 Å². The van der Waals surface area contributed by atoms with Gasteiger partial charge in [0.05, 0.1) is 25.5 Å². The topological polar surface area (TPSA) is 64.9 Å². The second kappa shape index (κ2) is 6.84. The minimum Gasteiger partial charge on any atom is -0.493 e. The summed E-state index contributed by atoms with van der Waals surface area (Å²) in [6.07, 6.45) is 2.67. The Bertz CT molecular complexity index is 931. The number of hydrogen-bond donors (Lipinski definition) is 1. The first-order chi connectivity index (χ1) is 12.1. The first-order valence-electron chi connectivity index (χ1n) is 8.08. The molecule has 0 aliphatic rings. The monoisotopic (exact) mass is 339 g/mol. The molecular formula is C19H21N3O3. The van der Waals surface area contributed by atoms with E-state index in [-0.39, 0.29) is 5.91 Å². The van der Waals surface area contributed by atoms with E-state index in [1.807, 2.05) is 23.6 Å². The van der Waals surface area contributed by atoms with Crippen LogP contribution in [-0.4, -0.2) is 29.5 Å². The SMILES string of the molecule is CCc1nc2ccc(C(=O)Nc3ccc(OC)c(OC)c3)cn2c1C. The van der Waals surface area contributed by atoms with Gasteiger partial charge in [-0.05, 0) is 37.6 Å². The smallest absolute Gasteiger partial charge is 0.257 e. The number of rotatable bonds is 5. The number of pyridine rings is 1. The third kappa shape index (κ3) is 3.15. The molecule has 0 spiro atoms. The van der Waals surface area contributed by atoms with Gasteiger partial charge in [0, 0.05) is 23.6 Å². The van der Waals surface area contributed by atoms with E-state index in [0.717, 1.165) is 23.5 Å². The molecule has 6 nitrogen and oxygen atoms in total. The van der Waals surface area contributed by atoms with Crippen molar-refractivity contribution in [1.82, 2.24) is 9.38 Å². The van der Waals surface area contributed by atoms with E-state index < -0.39 is 0 Å². The predicted molar refractivity (Wildman–Crippen MR) is 96.8 cm³/mol. The van der Waals surface area contributed by atoms with E-state index in [9.17, 15) is 4.79 Å². The quantitative estimate of drug-likeness (QED) is 0.773. The molecule has 3 aromatic rings. The van der Waals surface area contributed by atoms with Gasteiger partial charge < -0.3 is 19.2 Å². The summed E-state index contributed by atoms with van der Waals surface area (Å²) in [7, 11) is 3.13. The third-order valence-corrected chi connectivity index (χ3v) is 4.19. The molecule has 0 aliphatic heterocycles. The van der Waals surface area contributed by atoms with Gasteiger partial charge in [0.1, 0.15) is 5.65 Å². The maximum absolute atomic E-state index is 12.6. The van der Waals surface area contributed by atoms with E-state index in [4.69, 9.17) is 9.47 Å². The van der Waals surface area contributed by atoms with Crippen molar-refractivity contribution in [3.63, 3.8) is 0 Å². The number of carbonyl (C=O) groups is 1. The van der Waals surface area contributed by atoms with Crippen LogP contribution in [0.25, 0.3) is 5.65 Å². The van der Waals surface area contributed by atoms with Crippen molar-refractivity contribution in [2.75, 3.05) is 19.5 Å². The summed E-state index contributed by atoms with van der Waals surface area (Å²) in [6.45, 7) is 4.08. The van der Waals surface area contributed by atoms with Gasteiger partial charge in [-0.3, -0.25) is 4.79 Å². The summed E-state index contributed by atoms with van der Waals surface area (Å²) in [5.41, 5.74) is 4.14. The highest BCUT2D eigenvalue weighted by Gasteiger charge is 2.12. The number of fused-ring (bicyclic) bond motifs is 1. The Morgan fingerprint density at radius 3 is 2.60 bits per heavy atom. The summed E-state index contributed by atoms with van der Waals surface area (Å²) in [6, 6.07) is 8.89. The fraction of sp³-hybridized carbons (Fsp3) is 0.263. The number of carbonyl (C=O) groups excluding carboxylic acids is 1. The lowest BCUT2D eigenvalue weighted by atomic mass is 10.2. The molecule has 0 bridgehead atoms. The standard InChI is InChI=1S/C19H21N3O3/c1-5-15-12(2)22-11-13(6-9-18(22)21-15)19(23)20-14-7-8-16(24-3)17(10-14)25-4/h6-11H,5H2,1-4H3,(H,20,23). The minimum atomic E-state index is -0.194. The number of benzene rings is 1. The molecule has 0 fully saturated rings. The van der Waals surface area contributed by atoms with Crippen LogP contribution in [0.3, 0.4) is 0 Å². The molecule has 0 saturated heterocycles. The molecule has 130 valence electrons.